The van der Waals surface area contributed by atoms with Crippen molar-refractivity contribution in [2.75, 3.05) is 18.8 Å². The van der Waals surface area contributed by atoms with Gasteiger partial charge < -0.3 is 10.2 Å². The van der Waals surface area contributed by atoms with Crippen molar-refractivity contribution in [1.82, 2.24) is 10.2 Å². The standard InChI is InChI=1S/C18H24N2O4S2/c1-12(21)20-10-18(11-20)15(6-7-26(18,23)24)17(22)19-9-14-8-13-4-2-3-5-16(13)25-14/h8,15H,2-7,9-11H2,1H3,(H,19,22). The Morgan fingerprint density at radius 1 is 1.31 bits per heavy atom. The third-order valence-electron chi connectivity index (χ3n) is 6.09. The molecule has 6 nitrogen and oxygen atoms in total. The number of nitrogens with zero attached hydrogens (tertiary/aromatic N) is 1. The van der Waals surface area contributed by atoms with E-state index in [0.29, 0.717) is 13.0 Å². The van der Waals surface area contributed by atoms with Gasteiger partial charge >= 0.3 is 0 Å². The molecular weight excluding hydrogens is 372 g/mol. The van der Waals surface area contributed by atoms with Gasteiger partial charge in [0, 0.05) is 29.8 Å². The van der Waals surface area contributed by atoms with Gasteiger partial charge in [-0.15, -0.1) is 11.3 Å². The lowest BCUT2D eigenvalue weighted by Crippen LogP contribution is -2.69. The zero-order valence-corrected chi connectivity index (χ0v) is 16.5. The van der Waals surface area contributed by atoms with Gasteiger partial charge in [0.05, 0.1) is 18.2 Å². The van der Waals surface area contributed by atoms with Crippen LogP contribution in [0.2, 0.25) is 0 Å². The van der Waals surface area contributed by atoms with Gasteiger partial charge in [0.1, 0.15) is 4.75 Å². The third-order valence-corrected chi connectivity index (χ3v) is 9.88. The SMILES string of the molecule is CC(=O)N1CC2(C1)C(C(=O)NCc1cc3c(s1)CCCC3)CCS2(=O)=O. The minimum absolute atomic E-state index is 0.0319. The number of nitrogens with one attached hydrogen (secondary N) is 1. The van der Waals surface area contributed by atoms with E-state index in [2.05, 4.69) is 11.4 Å². The summed E-state index contributed by atoms with van der Waals surface area (Å²) in [6.07, 6.45) is 5.04. The van der Waals surface area contributed by atoms with Crippen LogP contribution < -0.4 is 5.32 Å². The van der Waals surface area contributed by atoms with E-state index in [1.165, 1.54) is 35.1 Å². The van der Waals surface area contributed by atoms with Gasteiger partial charge in [-0.25, -0.2) is 8.42 Å². The number of rotatable bonds is 3. The summed E-state index contributed by atoms with van der Waals surface area (Å²) in [5.41, 5.74) is 1.40. The van der Waals surface area contributed by atoms with Gasteiger partial charge in [-0.2, -0.15) is 0 Å². The first-order chi connectivity index (χ1) is 12.3. The highest BCUT2D eigenvalue weighted by atomic mass is 32.2. The number of hydrogen-bond donors (Lipinski definition) is 1. The lowest BCUT2D eigenvalue weighted by Gasteiger charge is -2.49. The number of sulfone groups is 1. The van der Waals surface area contributed by atoms with Crippen LogP contribution in [0, 0.1) is 5.92 Å². The molecule has 1 atom stereocenters. The fourth-order valence-electron chi connectivity index (χ4n) is 4.50. The second-order valence-corrected chi connectivity index (χ2v) is 11.4. The Bertz CT molecular complexity index is 829. The predicted molar refractivity (Wildman–Crippen MR) is 99.7 cm³/mol. The minimum atomic E-state index is -3.35. The highest BCUT2D eigenvalue weighted by molar-refractivity contribution is 7.93. The van der Waals surface area contributed by atoms with Crippen LogP contribution in [0.15, 0.2) is 6.07 Å². The first kappa shape index (κ1) is 18.0. The van der Waals surface area contributed by atoms with E-state index < -0.39 is 20.5 Å². The maximum Gasteiger partial charge on any atom is 0.225 e. The number of carbonyl (C=O) groups is 2. The Hall–Kier alpha value is -1.41. The molecule has 1 aromatic heterocycles. The van der Waals surface area contributed by atoms with Crippen molar-refractivity contribution < 1.29 is 18.0 Å². The minimum Gasteiger partial charge on any atom is -0.351 e. The number of thiophene rings is 1. The molecule has 3 heterocycles. The second kappa shape index (κ2) is 6.34. The Kier molecular flexibility index (Phi) is 4.38. The Morgan fingerprint density at radius 3 is 2.73 bits per heavy atom. The second-order valence-electron chi connectivity index (χ2n) is 7.69. The molecule has 4 rings (SSSR count). The average molecular weight is 397 g/mol. The quantitative estimate of drug-likeness (QED) is 0.834. The third kappa shape index (κ3) is 2.78. The highest BCUT2D eigenvalue weighted by Gasteiger charge is 2.64. The van der Waals surface area contributed by atoms with Gasteiger partial charge in [0.2, 0.25) is 11.8 Å². The monoisotopic (exact) mass is 396 g/mol. The van der Waals surface area contributed by atoms with Gasteiger partial charge in [0.25, 0.3) is 0 Å². The van der Waals surface area contributed by atoms with Crippen molar-refractivity contribution in [3.63, 3.8) is 0 Å². The summed E-state index contributed by atoms with van der Waals surface area (Å²) in [5, 5.41) is 2.96. The lowest BCUT2D eigenvalue weighted by atomic mass is 9.82. The number of hydrogen-bond acceptors (Lipinski definition) is 5. The molecular formula is C18H24N2O4S2. The lowest BCUT2D eigenvalue weighted by molar-refractivity contribution is -0.138. The summed E-state index contributed by atoms with van der Waals surface area (Å²) < 4.78 is 24.0. The van der Waals surface area contributed by atoms with Crippen LogP contribution in [-0.4, -0.2) is 48.7 Å². The molecule has 1 aromatic rings. The molecule has 0 saturated carbocycles. The normalized spacial score (nSPS) is 25.6. The summed E-state index contributed by atoms with van der Waals surface area (Å²) in [7, 11) is -3.35. The maximum absolute atomic E-state index is 12.8. The number of aryl methyl sites for hydroxylation is 2. The topological polar surface area (TPSA) is 83.6 Å². The Balaban J connectivity index is 1.44. The molecule has 2 aliphatic heterocycles. The Labute approximate surface area is 157 Å². The largest absolute Gasteiger partial charge is 0.351 e. The van der Waals surface area contributed by atoms with Crippen molar-refractivity contribution in [3.05, 3.63) is 21.4 Å². The van der Waals surface area contributed by atoms with Crippen LogP contribution in [0.3, 0.4) is 0 Å². The van der Waals surface area contributed by atoms with E-state index in [4.69, 9.17) is 0 Å². The smallest absolute Gasteiger partial charge is 0.225 e. The molecule has 2 amide bonds. The first-order valence-corrected chi connectivity index (χ1v) is 11.7. The summed E-state index contributed by atoms with van der Waals surface area (Å²) in [6.45, 7) is 2.19. The van der Waals surface area contributed by atoms with Crippen molar-refractivity contribution in [2.24, 2.45) is 5.92 Å². The zero-order valence-electron chi connectivity index (χ0n) is 14.9. The number of amides is 2. The van der Waals surface area contributed by atoms with Crippen molar-refractivity contribution in [1.29, 1.82) is 0 Å². The molecule has 0 aromatic carbocycles. The van der Waals surface area contributed by atoms with Gasteiger partial charge in [0.15, 0.2) is 9.84 Å². The summed E-state index contributed by atoms with van der Waals surface area (Å²) >= 11 is 1.76. The van der Waals surface area contributed by atoms with Gasteiger partial charge in [-0.05, 0) is 43.7 Å². The number of likely N-dealkylation sites (tertiary alicyclic amines) is 1. The summed E-state index contributed by atoms with van der Waals surface area (Å²) in [6, 6.07) is 2.18. The fraction of sp³-hybridized carbons (Fsp3) is 0.667. The van der Waals surface area contributed by atoms with Gasteiger partial charge in [-0.3, -0.25) is 9.59 Å². The van der Waals surface area contributed by atoms with E-state index in [-0.39, 0.29) is 30.7 Å². The van der Waals surface area contributed by atoms with Crippen LogP contribution in [0.4, 0.5) is 0 Å². The highest BCUT2D eigenvalue weighted by Crippen LogP contribution is 2.45. The van der Waals surface area contributed by atoms with Crippen molar-refractivity contribution in [3.8, 4) is 0 Å². The fourth-order valence-corrected chi connectivity index (χ4v) is 8.02. The van der Waals surface area contributed by atoms with Crippen LogP contribution in [0.1, 0.15) is 41.5 Å². The molecule has 0 bridgehead atoms. The molecule has 0 radical (unpaired) electrons. The van der Waals surface area contributed by atoms with Crippen molar-refractivity contribution >= 4 is 33.0 Å². The predicted octanol–water partition coefficient (Wildman–Crippen LogP) is 1.28. The van der Waals surface area contributed by atoms with E-state index in [1.807, 2.05) is 0 Å². The van der Waals surface area contributed by atoms with Crippen LogP contribution in [-0.2, 0) is 38.8 Å². The summed E-state index contributed by atoms with van der Waals surface area (Å²) in [5.74, 6) is -0.858. The number of carbonyl (C=O) groups excluding carboxylic acids is 2. The van der Waals surface area contributed by atoms with E-state index in [1.54, 1.807) is 11.3 Å². The van der Waals surface area contributed by atoms with E-state index in [9.17, 15) is 18.0 Å². The van der Waals surface area contributed by atoms with Gasteiger partial charge in [-0.1, -0.05) is 0 Å². The molecule has 1 N–H and O–H groups in total. The zero-order chi connectivity index (χ0) is 18.5. The van der Waals surface area contributed by atoms with Crippen LogP contribution in [0.5, 0.6) is 0 Å². The molecule has 142 valence electrons. The van der Waals surface area contributed by atoms with Crippen LogP contribution >= 0.6 is 11.3 Å². The molecule has 3 aliphatic rings. The Morgan fingerprint density at radius 2 is 2.04 bits per heavy atom. The van der Waals surface area contributed by atoms with E-state index in [0.717, 1.165) is 17.7 Å². The van der Waals surface area contributed by atoms with Crippen LogP contribution in [0.25, 0.3) is 0 Å². The molecule has 8 heteroatoms. The van der Waals surface area contributed by atoms with Crippen molar-refractivity contribution in [2.45, 2.75) is 50.3 Å². The average Bonchev–Trinajstić information content (AvgIpc) is 3.08. The number of fused-ring (bicyclic) bond motifs is 1. The maximum atomic E-state index is 12.8. The molecule has 1 unspecified atom stereocenters. The van der Waals surface area contributed by atoms with E-state index >= 15 is 0 Å². The molecule has 2 fully saturated rings. The molecule has 26 heavy (non-hydrogen) atoms. The molecule has 2 saturated heterocycles. The summed E-state index contributed by atoms with van der Waals surface area (Å²) in [4.78, 5) is 28.3. The molecule has 1 aliphatic carbocycles. The molecule has 1 spiro atoms. The first-order valence-electron chi connectivity index (χ1n) is 9.18.